The second-order valence-electron chi connectivity index (χ2n) is 7.77. The van der Waals surface area contributed by atoms with E-state index < -0.39 is 11.5 Å². The Kier molecular flexibility index (Phi) is 6.37. The van der Waals surface area contributed by atoms with Crippen LogP contribution in [0.15, 0.2) is 24.3 Å². The minimum absolute atomic E-state index is 0.0414. The van der Waals surface area contributed by atoms with Gasteiger partial charge in [-0.2, -0.15) is 0 Å². The maximum absolute atomic E-state index is 12.0. The van der Waals surface area contributed by atoms with Crippen LogP contribution >= 0.6 is 0 Å². The molecular weight excluding hydrogens is 290 g/mol. The standard InChI is InChI=1S/C19H29NO3/c1-18(2,3)15-9-6-14(7-10-15)8-11-16(21)20-19(4,5)13-12-17(22)23/h6-7,9-10H,8,11-13H2,1-5H3,(H,20,21)(H,22,23). The average Bonchev–Trinajstić information content (AvgIpc) is 2.42. The van der Waals surface area contributed by atoms with Crippen LogP contribution in [-0.4, -0.2) is 22.5 Å². The number of carbonyl (C=O) groups is 2. The van der Waals surface area contributed by atoms with Gasteiger partial charge < -0.3 is 10.4 Å². The summed E-state index contributed by atoms with van der Waals surface area (Å²) in [6, 6.07) is 8.38. The van der Waals surface area contributed by atoms with Crippen LogP contribution in [0.3, 0.4) is 0 Å². The number of hydrogen-bond acceptors (Lipinski definition) is 2. The molecular formula is C19H29NO3. The summed E-state index contributed by atoms with van der Waals surface area (Å²) in [5.74, 6) is -0.883. The van der Waals surface area contributed by atoms with Crippen LogP contribution < -0.4 is 5.32 Å². The highest BCUT2D eigenvalue weighted by atomic mass is 16.4. The fourth-order valence-electron chi connectivity index (χ4n) is 2.35. The first kappa shape index (κ1) is 19.2. The summed E-state index contributed by atoms with van der Waals surface area (Å²) in [5.41, 5.74) is 2.05. The van der Waals surface area contributed by atoms with Crippen molar-refractivity contribution < 1.29 is 14.7 Å². The Morgan fingerprint density at radius 2 is 1.57 bits per heavy atom. The van der Waals surface area contributed by atoms with Crippen molar-refractivity contribution in [1.82, 2.24) is 5.32 Å². The molecule has 0 aliphatic carbocycles. The quantitative estimate of drug-likeness (QED) is 0.805. The topological polar surface area (TPSA) is 66.4 Å². The molecule has 2 N–H and O–H groups in total. The number of carboxylic acids is 1. The third-order valence-electron chi connectivity index (χ3n) is 3.90. The summed E-state index contributed by atoms with van der Waals surface area (Å²) in [7, 11) is 0. The minimum atomic E-state index is -0.841. The highest BCUT2D eigenvalue weighted by molar-refractivity contribution is 5.77. The number of aryl methyl sites for hydroxylation is 1. The van der Waals surface area contributed by atoms with Gasteiger partial charge in [0.1, 0.15) is 0 Å². The summed E-state index contributed by atoms with van der Waals surface area (Å²) in [5, 5.41) is 11.6. The van der Waals surface area contributed by atoms with Gasteiger partial charge in [0.25, 0.3) is 0 Å². The van der Waals surface area contributed by atoms with Crippen LogP contribution in [0, 0.1) is 0 Å². The molecule has 0 unspecified atom stereocenters. The number of carbonyl (C=O) groups excluding carboxylic acids is 1. The number of carboxylic acid groups (broad SMARTS) is 1. The molecule has 0 spiro atoms. The largest absolute Gasteiger partial charge is 0.481 e. The summed E-state index contributed by atoms with van der Waals surface area (Å²) >= 11 is 0. The van der Waals surface area contributed by atoms with Crippen molar-refractivity contribution in [2.75, 3.05) is 0 Å². The number of nitrogens with one attached hydrogen (secondary N) is 1. The molecule has 4 nitrogen and oxygen atoms in total. The maximum Gasteiger partial charge on any atom is 0.303 e. The molecule has 0 saturated carbocycles. The molecule has 128 valence electrons. The Balaban J connectivity index is 2.48. The third-order valence-corrected chi connectivity index (χ3v) is 3.90. The fourth-order valence-corrected chi connectivity index (χ4v) is 2.35. The van der Waals surface area contributed by atoms with Crippen molar-refractivity contribution in [2.45, 2.75) is 71.3 Å². The van der Waals surface area contributed by atoms with E-state index in [-0.39, 0.29) is 17.7 Å². The van der Waals surface area contributed by atoms with Crippen LogP contribution in [0.4, 0.5) is 0 Å². The van der Waals surface area contributed by atoms with Crippen molar-refractivity contribution in [1.29, 1.82) is 0 Å². The van der Waals surface area contributed by atoms with Gasteiger partial charge >= 0.3 is 5.97 Å². The summed E-state index contributed by atoms with van der Waals surface area (Å²) in [6.07, 6.45) is 1.58. The Bertz CT molecular complexity index is 539. The lowest BCUT2D eigenvalue weighted by Gasteiger charge is -2.25. The second-order valence-corrected chi connectivity index (χ2v) is 7.77. The lowest BCUT2D eigenvalue weighted by molar-refractivity contribution is -0.137. The molecule has 1 amide bonds. The van der Waals surface area contributed by atoms with Gasteiger partial charge in [-0.1, -0.05) is 45.0 Å². The lowest BCUT2D eigenvalue weighted by atomic mass is 9.86. The molecule has 0 aliphatic rings. The second kappa shape index (κ2) is 7.62. The minimum Gasteiger partial charge on any atom is -0.481 e. The monoisotopic (exact) mass is 319 g/mol. The Labute approximate surface area is 139 Å². The van der Waals surface area contributed by atoms with Crippen LogP contribution in [0.5, 0.6) is 0 Å². The number of benzene rings is 1. The summed E-state index contributed by atoms with van der Waals surface area (Å²) in [6.45, 7) is 10.2. The smallest absolute Gasteiger partial charge is 0.303 e. The van der Waals surface area contributed by atoms with Crippen molar-refractivity contribution in [3.8, 4) is 0 Å². The van der Waals surface area contributed by atoms with Crippen LogP contribution in [0.1, 0.15) is 65.0 Å². The highest BCUT2D eigenvalue weighted by Crippen LogP contribution is 2.22. The molecule has 0 heterocycles. The van der Waals surface area contributed by atoms with Crippen LogP contribution in [-0.2, 0) is 21.4 Å². The molecule has 1 aromatic carbocycles. The van der Waals surface area contributed by atoms with Gasteiger partial charge in [-0.15, -0.1) is 0 Å². The van der Waals surface area contributed by atoms with Gasteiger partial charge in [0.15, 0.2) is 0 Å². The fraction of sp³-hybridized carbons (Fsp3) is 0.579. The van der Waals surface area contributed by atoms with Crippen molar-refractivity contribution in [3.05, 3.63) is 35.4 Å². The molecule has 0 saturated heterocycles. The molecule has 0 atom stereocenters. The van der Waals surface area contributed by atoms with E-state index in [1.807, 2.05) is 13.8 Å². The van der Waals surface area contributed by atoms with Gasteiger partial charge in [-0.05, 0) is 43.2 Å². The molecule has 1 aromatic rings. The Morgan fingerprint density at radius 1 is 1.00 bits per heavy atom. The summed E-state index contributed by atoms with van der Waals surface area (Å²) < 4.78 is 0. The van der Waals surface area contributed by atoms with Crippen molar-refractivity contribution in [2.24, 2.45) is 0 Å². The zero-order chi connectivity index (χ0) is 17.7. The molecule has 0 aromatic heterocycles. The number of amides is 1. The van der Waals surface area contributed by atoms with Crippen molar-refractivity contribution in [3.63, 3.8) is 0 Å². The third kappa shape index (κ3) is 7.31. The molecule has 23 heavy (non-hydrogen) atoms. The maximum atomic E-state index is 12.0. The average molecular weight is 319 g/mol. The van der Waals surface area contributed by atoms with Crippen LogP contribution in [0.25, 0.3) is 0 Å². The molecule has 0 fully saturated rings. The van der Waals surface area contributed by atoms with E-state index in [2.05, 4.69) is 50.4 Å². The first-order valence-corrected chi connectivity index (χ1v) is 8.12. The van der Waals surface area contributed by atoms with E-state index in [1.165, 1.54) is 5.56 Å². The van der Waals surface area contributed by atoms with Crippen LogP contribution in [0.2, 0.25) is 0 Å². The number of aliphatic carboxylic acids is 1. The van der Waals surface area contributed by atoms with E-state index in [1.54, 1.807) is 0 Å². The van der Waals surface area contributed by atoms with Gasteiger partial charge in [0.2, 0.25) is 5.91 Å². The number of hydrogen-bond donors (Lipinski definition) is 2. The SMILES string of the molecule is CC(C)(CCC(=O)O)NC(=O)CCc1ccc(C(C)(C)C)cc1. The van der Waals surface area contributed by atoms with Gasteiger partial charge in [-0.25, -0.2) is 0 Å². The van der Waals surface area contributed by atoms with E-state index in [0.717, 1.165) is 5.56 Å². The molecule has 0 radical (unpaired) electrons. The van der Waals surface area contributed by atoms with Gasteiger partial charge in [0, 0.05) is 18.4 Å². The van der Waals surface area contributed by atoms with Gasteiger partial charge in [0.05, 0.1) is 0 Å². The lowest BCUT2D eigenvalue weighted by Crippen LogP contribution is -2.43. The first-order chi connectivity index (χ1) is 10.5. The number of rotatable bonds is 7. The van der Waals surface area contributed by atoms with E-state index in [4.69, 9.17) is 5.11 Å². The first-order valence-electron chi connectivity index (χ1n) is 8.12. The predicted octanol–water partition coefficient (Wildman–Crippen LogP) is 3.68. The highest BCUT2D eigenvalue weighted by Gasteiger charge is 2.21. The van der Waals surface area contributed by atoms with E-state index in [9.17, 15) is 9.59 Å². The van der Waals surface area contributed by atoms with E-state index in [0.29, 0.717) is 19.3 Å². The Morgan fingerprint density at radius 3 is 2.04 bits per heavy atom. The molecule has 0 bridgehead atoms. The normalized spacial score (nSPS) is 12.0. The zero-order valence-corrected chi connectivity index (χ0v) is 14.9. The Hall–Kier alpha value is -1.84. The zero-order valence-electron chi connectivity index (χ0n) is 14.9. The molecule has 4 heteroatoms. The predicted molar refractivity (Wildman–Crippen MR) is 92.6 cm³/mol. The van der Waals surface area contributed by atoms with E-state index >= 15 is 0 Å². The molecule has 1 rings (SSSR count). The summed E-state index contributed by atoms with van der Waals surface area (Å²) in [4.78, 5) is 22.7. The van der Waals surface area contributed by atoms with Crippen molar-refractivity contribution >= 4 is 11.9 Å². The molecule has 0 aliphatic heterocycles. The van der Waals surface area contributed by atoms with Gasteiger partial charge in [-0.3, -0.25) is 9.59 Å².